The Hall–Kier alpha value is -2.74. The maximum Gasteiger partial charge on any atom is 0.243 e. The van der Waals surface area contributed by atoms with Crippen LogP contribution in [-0.4, -0.2) is 38.1 Å². The van der Waals surface area contributed by atoms with Crippen LogP contribution in [0.2, 0.25) is 0 Å². The third-order valence-corrected chi connectivity index (χ3v) is 4.59. The predicted molar refractivity (Wildman–Crippen MR) is 103 cm³/mol. The number of amides is 1. The van der Waals surface area contributed by atoms with Crippen molar-refractivity contribution in [3.63, 3.8) is 0 Å². The molecule has 27 heavy (non-hydrogen) atoms. The van der Waals surface area contributed by atoms with Gasteiger partial charge >= 0.3 is 0 Å². The van der Waals surface area contributed by atoms with E-state index in [1.807, 2.05) is 24.3 Å². The molecule has 0 spiro atoms. The number of hydrogen-bond acceptors (Lipinski definition) is 6. The largest absolute Gasteiger partial charge is 0.496 e. The Kier molecular flexibility index (Phi) is 5.55. The lowest BCUT2D eigenvalue weighted by Crippen LogP contribution is -2.25. The summed E-state index contributed by atoms with van der Waals surface area (Å²) in [6.45, 7) is 1.43. The molecule has 0 saturated carbocycles. The molecule has 0 aliphatic carbocycles. The van der Waals surface area contributed by atoms with E-state index >= 15 is 0 Å². The second kappa shape index (κ2) is 7.87. The van der Waals surface area contributed by atoms with Gasteiger partial charge in [0.15, 0.2) is 11.5 Å². The number of methoxy groups -OCH3 is 3. The van der Waals surface area contributed by atoms with Crippen molar-refractivity contribution in [1.82, 2.24) is 5.01 Å². The highest BCUT2D eigenvalue weighted by Gasteiger charge is 2.36. The van der Waals surface area contributed by atoms with Gasteiger partial charge in [-0.2, -0.15) is 5.01 Å². The monoisotopic (exact) mass is 434 g/mol. The summed E-state index contributed by atoms with van der Waals surface area (Å²) < 4.78 is 23.1. The van der Waals surface area contributed by atoms with Crippen molar-refractivity contribution >= 4 is 27.7 Å². The minimum absolute atomic E-state index is 0.260. The molecule has 8 heteroatoms. The number of halogens is 1. The van der Waals surface area contributed by atoms with Crippen molar-refractivity contribution in [3.8, 4) is 17.2 Å². The summed E-state index contributed by atoms with van der Waals surface area (Å²) in [4.78, 5) is 12.2. The van der Waals surface area contributed by atoms with Crippen LogP contribution in [-0.2, 0) is 9.53 Å². The van der Waals surface area contributed by atoms with Gasteiger partial charge in [-0.05, 0) is 30.3 Å². The molecule has 0 aromatic heterocycles. The minimum atomic E-state index is -0.782. The number of nitrogens with zero attached hydrogens (tertiary/aromatic N) is 2. The fraction of sp³-hybridized carbons (Fsp3) is 0.263. The second-order valence-corrected chi connectivity index (χ2v) is 6.61. The van der Waals surface area contributed by atoms with E-state index < -0.39 is 6.23 Å². The van der Waals surface area contributed by atoms with Crippen molar-refractivity contribution in [2.24, 2.45) is 5.10 Å². The third-order valence-electron chi connectivity index (χ3n) is 4.06. The molecular weight excluding hydrogens is 416 g/mol. The van der Waals surface area contributed by atoms with Crippen LogP contribution in [0.25, 0.3) is 0 Å². The van der Waals surface area contributed by atoms with Crippen LogP contribution in [0.3, 0.4) is 0 Å². The summed E-state index contributed by atoms with van der Waals surface area (Å²) in [5, 5.41) is 5.63. The average molecular weight is 435 g/mol. The lowest BCUT2D eigenvalue weighted by molar-refractivity contribution is -0.135. The molecule has 2 aromatic rings. The standard InChI is InChI=1S/C19H19BrN2O5/c1-11(23)22-19(27-18(21-22)12-5-7-13(20)8-6-12)14-9-16(25-3)17(26-4)10-15(14)24-2/h5-10,19H,1-4H3. The van der Waals surface area contributed by atoms with Gasteiger partial charge in [0, 0.05) is 23.0 Å². The molecular formula is C19H19BrN2O5. The Labute approximate surface area is 165 Å². The van der Waals surface area contributed by atoms with Gasteiger partial charge in [-0.1, -0.05) is 15.9 Å². The molecule has 142 valence electrons. The van der Waals surface area contributed by atoms with Crippen LogP contribution in [0, 0.1) is 0 Å². The second-order valence-electron chi connectivity index (χ2n) is 5.69. The zero-order valence-corrected chi connectivity index (χ0v) is 16.9. The summed E-state index contributed by atoms with van der Waals surface area (Å²) in [7, 11) is 4.62. The van der Waals surface area contributed by atoms with E-state index in [-0.39, 0.29) is 5.91 Å². The SMILES string of the molecule is COc1cc(OC)c(C2OC(c3ccc(Br)cc3)=NN2C(C)=O)cc1OC. The molecule has 2 aromatic carbocycles. The van der Waals surface area contributed by atoms with E-state index in [0.717, 1.165) is 10.0 Å². The van der Waals surface area contributed by atoms with E-state index in [9.17, 15) is 4.79 Å². The van der Waals surface area contributed by atoms with E-state index in [0.29, 0.717) is 28.7 Å². The van der Waals surface area contributed by atoms with Gasteiger partial charge in [0.1, 0.15) is 5.75 Å². The highest BCUT2D eigenvalue weighted by molar-refractivity contribution is 9.10. The first-order valence-electron chi connectivity index (χ1n) is 8.09. The number of carbonyl (C=O) groups is 1. The fourth-order valence-electron chi connectivity index (χ4n) is 2.72. The van der Waals surface area contributed by atoms with Gasteiger partial charge in [-0.15, -0.1) is 5.10 Å². The summed E-state index contributed by atoms with van der Waals surface area (Å²) in [5.41, 5.74) is 1.35. The smallest absolute Gasteiger partial charge is 0.243 e. The molecule has 0 saturated heterocycles. The molecule has 1 atom stereocenters. The number of ether oxygens (including phenoxy) is 4. The molecule has 0 radical (unpaired) electrons. The van der Waals surface area contributed by atoms with Crippen LogP contribution >= 0.6 is 15.9 Å². The van der Waals surface area contributed by atoms with Crippen LogP contribution in [0.15, 0.2) is 46.0 Å². The maximum atomic E-state index is 12.2. The lowest BCUT2D eigenvalue weighted by Gasteiger charge is -2.22. The molecule has 1 unspecified atom stereocenters. The van der Waals surface area contributed by atoms with Crippen molar-refractivity contribution in [1.29, 1.82) is 0 Å². The quantitative estimate of drug-likeness (QED) is 0.716. The Morgan fingerprint density at radius 2 is 1.63 bits per heavy atom. The van der Waals surface area contributed by atoms with Crippen LogP contribution in [0.5, 0.6) is 17.2 Å². The highest BCUT2D eigenvalue weighted by Crippen LogP contribution is 2.41. The van der Waals surface area contributed by atoms with Gasteiger partial charge in [-0.3, -0.25) is 4.79 Å². The molecule has 1 aliphatic rings. The molecule has 1 heterocycles. The van der Waals surface area contributed by atoms with Gasteiger partial charge in [0.25, 0.3) is 0 Å². The number of rotatable bonds is 5. The average Bonchev–Trinajstić information content (AvgIpc) is 3.12. The number of hydrogen-bond donors (Lipinski definition) is 0. The fourth-order valence-corrected chi connectivity index (χ4v) is 2.99. The first-order valence-corrected chi connectivity index (χ1v) is 8.88. The Morgan fingerprint density at radius 1 is 1.04 bits per heavy atom. The molecule has 7 nitrogen and oxygen atoms in total. The first-order chi connectivity index (χ1) is 13.0. The van der Waals surface area contributed by atoms with Gasteiger partial charge in [0.05, 0.1) is 26.9 Å². The molecule has 1 amide bonds. The minimum Gasteiger partial charge on any atom is -0.496 e. The number of hydrazone groups is 1. The van der Waals surface area contributed by atoms with Crippen LogP contribution < -0.4 is 14.2 Å². The van der Waals surface area contributed by atoms with Crippen LogP contribution in [0.4, 0.5) is 0 Å². The topological polar surface area (TPSA) is 69.6 Å². The first kappa shape index (κ1) is 19.0. The number of benzene rings is 2. The normalized spacial score (nSPS) is 15.8. The molecule has 1 aliphatic heterocycles. The summed E-state index contributed by atoms with van der Waals surface area (Å²) in [6.07, 6.45) is -0.782. The third kappa shape index (κ3) is 3.71. The predicted octanol–water partition coefficient (Wildman–Crippen LogP) is 3.71. The zero-order valence-electron chi connectivity index (χ0n) is 15.4. The van der Waals surface area contributed by atoms with Gasteiger partial charge in [0.2, 0.25) is 18.0 Å². The lowest BCUT2D eigenvalue weighted by atomic mass is 10.1. The Bertz CT molecular complexity index is 882. The van der Waals surface area contributed by atoms with Crippen molar-refractivity contribution in [3.05, 3.63) is 52.0 Å². The van der Waals surface area contributed by atoms with E-state index in [1.165, 1.54) is 26.2 Å². The maximum absolute atomic E-state index is 12.2. The van der Waals surface area contributed by atoms with Crippen molar-refractivity contribution in [2.45, 2.75) is 13.2 Å². The number of carbonyl (C=O) groups excluding carboxylic acids is 1. The van der Waals surface area contributed by atoms with Gasteiger partial charge < -0.3 is 18.9 Å². The summed E-state index contributed by atoms with van der Waals surface area (Å²) in [5.74, 6) is 1.59. The Balaban J connectivity index is 2.03. The van der Waals surface area contributed by atoms with Gasteiger partial charge in [-0.25, -0.2) is 0 Å². The van der Waals surface area contributed by atoms with E-state index in [1.54, 1.807) is 19.2 Å². The molecule has 3 rings (SSSR count). The van der Waals surface area contributed by atoms with E-state index in [4.69, 9.17) is 18.9 Å². The van der Waals surface area contributed by atoms with Crippen molar-refractivity contribution < 1.29 is 23.7 Å². The molecule has 0 fully saturated rings. The summed E-state index contributed by atoms with van der Waals surface area (Å²) in [6, 6.07) is 10.9. The highest BCUT2D eigenvalue weighted by atomic mass is 79.9. The van der Waals surface area contributed by atoms with Crippen molar-refractivity contribution in [2.75, 3.05) is 21.3 Å². The van der Waals surface area contributed by atoms with E-state index in [2.05, 4.69) is 21.0 Å². The zero-order chi connectivity index (χ0) is 19.6. The molecule has 0 N–H and O–H groups in total. The molecule has 0 bridgehead atoms. The van der Waals surface area contributed by atoms with Crippen LogP contribution in [0.1, 0.15) is 24.3 Å². The Morgan fingerprint density at radius 3 is 2.19 bits per heavy atom. The summed E-state index contributed by atoms with van der Waals surface area (Å²) >= 11 is 3.40.